The fraction of sp³-hybridized carbons (Fsp3) is 0.0909. The number of fused-ring (bicyclic) bond motifs is 2. The lowest BCUT2D eigenvalue weighted by Crippen LogP contribution is -2.15. The third kappa shape index (κ3) is 4.36. The van der Waals surface area contributed by atoms with Gasteiger partial charge in [-0.2, -0.15) is 0 Å². The molecule has 0 unspecified atom stereocenters. The number of thiazole rings is 2. The number of aromatic nitrogens is 4. The quantitative estimate of drug-likeness (QED) is 0.330. The average Bonchev–Trinajstić information content (AvgIpc) is 3.51. The summed E-state index contributed by atoms with van der Waals surface area (Å²) in [4.78, 5) is 58.3. The number of hydrogen-bond acceptors (Lipinski definition) is 10. The Hall–Kier alpha value is -4.16. The van der Waals surface area contributed by atoms with Crippen molar-refractivity contribution in [2.75, 3.05) is 0 Å². The second-order valence-electron chi connectivity index (χ2n) is 7.01. The molecular weight excluding hydrogens is 480 g/mol. The van der Waals surface area contributed by atoms with Gasteiger partial charge in [-0.05, 0) is 24.3 Å². The van der Waals surface area contributed by atoms with Gasteiger partial charge in [-0.3, -0.25) is 18.4 Å². The first-order valence-corrected chi connectivity index (χ1v) is 11.6. The summed E-state index contributed by atoms with van der Waals surface area (Å²) in [5, 5.41) is 3.48. The van der Waals surface area contributed by atoms with E-state index in [-0.39, 0.29) is 35.5 Å². The smallest absolute Gasteiger partial charge is 0.338 e. The van der Waals surface area contributed by atoms with Crippen molar-refractivity contribution in [2.45, 2.75) is 13.2 Å². The highest BCUT2D eigenvalue weighted by molar-refractivity contribution is 7.15. The molecule has 170 valence electrons. The van der Waals surface area contributed by atoms with Crippen molar-refractivity contribution in [3.63, 3.8) is 0 Å². The van der Waals surface area contributed by atoms with Crippen molar-refractivity contribution in [3.05, 3.63) is 103 Å². The molecule has 0 aliphatic carbocycles. The number of benzene rings is 1. The van der Waals surface area contributed by atoms with Gasteiger partial charge < -0.3 is 9.47 Å². The van der Waals surface area contributed by atoms with Crippen LogP contribution >= 0.6 is 22.7 Å². The first kappa shape index (κ1) is 21.7. The Labute approximate surface area is 198 Å². The first-order chi connectivity index (χ1) is 16.5. The number of ether oxygens (including phenoxy) is 2. The Morgan fingerprint density at radius 1 is 0.735 bits per heavy atom. The molecule has 1 aromatic carbocycles. The van der Waals surface area contributed by atoms with Gasteiger partial charge in [-0.15, -0.1) is 22.7 Å². The molecule has 0 aliphatic heterocycles. The molecule has 0 bridgehead atoms. The topological polar surface area (TPSA) is 121 Å². The summed E-state index contributed by atoms with van der Waals surface area (Å²) in [6, 6.07) is 8.37. The van der Waals surface area contributed by atoms with E-state index in [0.717, 1.165) is 0 Å². The zero-order valence-corrected chi connectivity index (χ0v) is 18.9. The largest absolute Gasteiger partial charge is 0.456 e. The minimum Gasteiger partial charge on any atom is -0.456 e. The number of carbonyl (C=O) groups is 2. The van der Waals surface area contributed by atoms with Crippen molar-refractivity contribution in [3.8, 4) is 0 Å². The van der Waals surface area contributed by atoms with Crippen LogP contribution in [0.15, 0.2) is 69.1 Å². The van der Waals surface area contributed by atoms with Crippen LogP contribution in [0.1, 0.15) is 32.1 Å². The minimum atomic E-state index is -0.623. The fourth-order valence-electron chi connectivity index (χ4n) is 3.11. The molecule has 0 radical (unpaired) electrons. The van der Waals surface area contributed by atoms with E-state index < -0.39 is 11.9 Å². The summed E-state index contributed by atoms with van der Waals surface area (Å²) < 4.78 is 13.3. The first-order valence-electron chi connectivity index (χ1n) is 9.84. The number of nitrogens with zero attached hydrogens (tertiary/aromatic N) is 4. The standard InChI is InChI=1S/C22H14N4O6S2/c27-17-9-15(23-21-25(17)5-7-33-21)11-31-19(29)13-1-2-14(4-3-13)20(30)32-12-16-10-18(28)26-6-8-34-22(26)24-16/h1-10H,11-12H2. The van der Waals surface area contributed by atoms with Crippen LogP contribution in [-0.4, -0.2) is 30.7 Å². The summed E-state index contributed by atoms with van der Waals surface area (Å²) in [5.74, 6) is -1.25. The second kappa shape index (κ2) is 9.00. The van der Waals surface area contributed by atoms with Gasteiger partial charge in [0, 0.05) is 35.3 Å². The molecule has 0 atom stereocenters. The maximum Gasteiger partial charge on any atom is 0.338 e. The molecule has 0 aliphatic rings. The predicted molar refractivity (Wildman–Crippen MR) is 123 cm³/mol. The summed E-state index contributed by atoms with van der Waals surface area (Å²) in [7, 11) is 0. The van der Waals surface area contributed by atoms with E-state index in [1.54, 1.807) is 23.2 Å². The molecule has 5 aromatic rings. The van der Waals surface area contributed by atoms with Crippen LogP contribution in [0, 0.1) is 0 Å². The molecule has 0 saturated heterocycles. The lowest BCUT2D eigenvalue weighted by Gasteiger charge is -2.07. The zero-order chi connectivity index (χ0) is 23.7. The Morgan fingerprint density at radius 2 is 1.15 bits per heavy atom. The SMILES string of the molecule is O=C(OCc1cc(=O)n2ccsc2n1)c1ccc(C(=O)OCc2cc(=O)n3ccsc3n2)cc1. The lowest BCUT2D eigenvalue weighted by molar-refractivity contribution is 0.0454. The summed E-state index contributed by atoms with van der Waals surface area (Å²) in [6.45, 7) is -0.318. The van der Waals surface area contributed by atoms with E-state index in [9.17, 15) is 19.2 Å². The third-order valence-electron chi connectivity index (χ3n) is 4.77. The molecule has 5 rings (SSSR count). The molecule has 0 spiro atoms. The van der Waals surface area contributed by atoms with E-state index >= 15 is 0 Å². The van der Waals surface area contributed by atoms with E-state index in [1.165, 1.54) is 67.9 Å². The van der Waals surface area contributed by atoms with Crippen molar-refractivity contribution in [1.29, 1.82) is 0 Å². The fourth-order valence-corrected chi connectivity index (χ4v) is 4.59. The second-order valence-corrected chi connectivity index (χ2v) is 8.76. The van der Waals surface area contributed by atoms with Crippen LogP contribution in [0.3, 0.4) is 0 Å². The van der Waals surface area contributed by atoms with Crippen molar-refractivity contribution in [2.24, 2.45) is 0 Å². The van der Waals surface area contributed by atoms with Gasteiger partial charge in [0.15, 0.2) is 9.92 Å². The summed E-state index contributed by atoms with van der Waals surface area (Å²) in [6.07, 6.45) is 3.24. The van der Waals surface area contributed by atoms with Crippen LogP contribution in [0.4, 0.5) is 0 Å². The molecular formula is C22H14N4O6S2. The molecule has 0 N–H and O–H groups in total. The zero-order valence-electron chi connectivity index (χ0n) is 17.2. The average molecular weight is 495 g/mol. The van der Waals surface area contributed by atoms with Crippen molar-refractivity contribution < 1.29 is 19.1 Å². The van der Waals surface area contributed by atoms with Crippen molar-refractivity contribution in [1.82, 2.24) is 18.8 Å². The Balaban J connectivity index is 1.19. The number of hydrogen-bond donors (Lipinski definition) is 0. The van der Waals surface area contributed by atoms with Gasteiger partial charge in [0.1, 0.15) is 13.2 Å². The molecule has 4 heterocycles. The van der Waals surface area contributed by atoms with Crippen LogP contribution in [0.5, 0.6) is 0 Å². The monoisotopic (exact) mass is 494 g/mol. The molecule has 0 fully saturated rings. The molecule has 0 amide bonds. The van der Waals surface area contributed by atoms with Crippen LogP contribution in [0.25, 0.3) is 9.92 Å². The van der Waals surface area contributed by atoms with Crippen molar-refractivity contribution >= 4 is 44.5 Å². The molecule has 4 aromatic heterocycles. The van der Waals surface area contributed by atoms with Crippen LogP contribution in [-0.2, 0) is 22.7 Å². The minimum absolute atomic E-state index is 0.159. The van der Waals surface area contributed by atoms with Gasteiger partial charge in [0.05, 0.1) is 22.5 Å². The van der Waals surface area contributed by atoms with E-state index in [0.29, 0.717) is 21.3 Å². The van der Waals surface area contributed by atoms with E-state index in [4.69, 9.17) is 9.47 Å². The lowest BCUT2D eigenvalue weighted by atomic mass is 10.1. The third-order valence-corrected chi connectivity index (χ3v) is 6.28. The molecule has 12 heteroatoms. The maximum atomic E-state index is 12.3. The number of esters is 2. The Kier molecular flexibility index (Phi) is 5.74. The Morgan fingerprint density at radius 3 is 1.56 bits per heavy atom. The van der Waals surface area contributed by atoms with Crippen LogP contribution < -0.4 is 11.1 Å². The van der Waals surface area contributed by atoms with Crippen LogP contribution in [0.2, 0.25) is 0 Å². The number of rotatable bonds is 6. The highest BCUT2D eigenvalue weighted by Crippen LogP contribution is 2.12. The molecule has 10 nitrogen and oxygen atoms in total. The summed E-state index contributed by atoms with van der Waals surface area (Å²) >= 11 is 2.60. The van der Waals surface area contributed by atoms with Gasteiger partial charge in [-0.1, -0.05) is 0 Å². The number of carbonyl (C=O) groups excluding carboxylic acids is 2. The predicted octanol–water partition coefficient (Wildman–Crippen LogP) is 2.54. The van der Waals surface area contributed by atoms with Gasteiger partial charge in [0.2, 0.25) is 0 Å². The highest BCUT2D eigenvalue weighted by Gasteiger charge is 2.13. The normalized spacial score (nSPS) is 11.1. The van der Waals surface area contributed by atoms with E-state index in [2.05, 4.69) is 9.97 Å². The highest BCUT2D eigenvalue weighted by atomic mass is 32.1. The van der Waals surface area contributed by atoms with Gasteiger partial charge in [0.25, 0.3) is 11.1 Å². The molecule has 34 heavy (non-hydrogen) atoms. The van der Waals surface area contributed by atoms with Gasteiger partial charge in [-0.25, -0.2) is 19.6 Å². The summed E-state index contributed by atoms with van der Waals surface area (Å²) in [5.41, 5.74) is 0.628. The Bertz CT molecular complexity index is 1530. The van der Waals surface area contributed by atoms with Gasteiger partial charge >= 0.3 is 11.9 Å². The maximum absolute atomic E-state index is 12.3. The van der Waals surface area contributed by atoms with E-state index in [1.807, 2.05) is 0 Å². The molecule has 0 saturated carbocycles.